The number of rotatable bonds is 3. The quantitative estimate of drug-likeness (QED) is 0.673. The highest BCUT2D eigenvalue weighted by Crippen LogP contribution is 2.18. The molecular weight excluding hydrogens is 308 g/mol. The van der Waals surface area contributed by atoms with Crippen LogP contribution in [0.3, 0.4) is 0 Å². The minimum atomic E-state index is -0.461. The largest absolute Gasteiger partial charge is 0.457 e. The summed E-state index contributed by atoms with van der Waals surface area (Å²) in [6, 6.07) is 12.3. The first-order valence-electron chi connectivity index (χ1n) is 5.63. The van der Waals surface area contributed by atoms with Gasteiger partial charge in [-0.15, -0.1) is 0 Å². The number of carbonyl (C=O) groups is 1. The van der Waals surface area contributed by atoms with Gasteiger partial charge in [-0.3, -0.25) is 0 Å². The number of hydrogen-bond donors (Lipinski definition) is 2. The number of ether oxygens (including phenoxy) is 1. The van der Waals surface area contributed by atoms with Crippen LogP contribution in [0.2, 0.25) is 0 Å². The highest BCUT2D eigenvalue weighted by molar-refractivity contribution is 9.10. The molecule has 2 aromatic rings. The van der Waals surface area contributed by atoms with E-state index in [9.17, 15) is 4.79 Å². The second-order valence-electron chi connectivity index (χ2n) is 4.05. The number of nitrogen functional groups attached to an aromatic ring is 2. The first-order chi connectivity index (χ1) is 9.06. The number of esters is 1. The highest BCUT2D eigenvalue weighted by Gasteiger charge is 2.11. The summed E-state index contributed by atoms with van der Waals surface area (Å²) in [6.45, 7) is 0.197. The summed E-state index contributed by atoms with van der Waals surface area (Å²) < 4.78 is 6.15. The fourth-order valence-corrected chi connectivity index (χ4v) is 2.07. The molecule has 4 N–H and O–H groups in total. The maximum Gasteiger partial charge on any atom is 0.340 e. The smallest absolute Gasteiger partial charge is 0.340 e. The Morgan fingerprint density at radius 1 is 1.16 bits per heavy atom. The maximum atomic E-state index is 11.9. The SMILES string of the molecule is Nc1ccc(C(=O)OCc2cccc(Br)c2)c(N)c1. The number of hydrogen-bond acceptors (Lipinski definition) is 4. The van der Waals surface area contributed by atoms with Gasteiger partial charge in [0.15, 0.2) is 0 Å². The molecule has 0 bridgehead atoms. The number of halogens is 1. The van der Waals surface area contributed by atoms with Gasteiger partial charge in [0.25, 0.3) is 0 Å². The normalized spacial score (nSPS) is 10.2. The lowest BCUT2D eigenvalue weighted by Crippen LogP contribution is -2.08. The third-order valence-corrected chi connectivity index (χ3v) is 3.05. The Bertz CT molecular complexity index is 614. The Balaban J connectivity index is 2.05. The minimum absolute atomic E-state index is 0.197. The topological polar surface area (TPSA) is 78.3 Å². The van der Waals surface area contributed by atoms with E-state index in [0.717, 1.165) is 10.0 Å². The zero-order chi connectivity index (χ0) is 13.8. The van der Waals surface area contributed by atoms with E-state index in [1.807, 2.05) is 24.3 Å². The molecule has 19 heavy (non-hydrogen) atoms. The molecule has 0 atom stereocenters. The van der Waals surface area contributed by atoms with Gasteiger partial charge < -0.3 is 16.2 Å². The van der Waals surface area contributed by atoms with Crippen molar-refractivity contribution < 1.29 is 9.53 Å². The van der Waals surface area contributed by atoms with Crippen LogP contribution < -0.4 is 11.5 Å². The molecule has 0 unspecified atom stereocenters. The summed E-state index contributed by atoms with van der Waals surface area (Å²) in [5, 5.41) is 0. The Labute approximate surface area is 119 Å². The molecule has 2 aromatic carbocycles. The zero-order valence-corrected chi connectivity index (χ0v) is 11.7. The first kappa shape index (κ1) is 13.4. The van der Waals surface area contributed by atoms with E-state index in [1.54, 1.807) is 12.1 Å². The second-order valence-corrected chi connectivity index (χ2v) is 4.97. The van der Waals surface area contributed by atoms with Crippen molar-refractivity contribution in [1.82, 2.24) is 0 Å². The van der Waals surface area contributed by atoms with Gasteiger partial charge in [0.1, 0.15) is 6.61 Å². The fraction of sp³-hybridized carbons (Fsp3) is 0.0714. The molecule has 0 aliphatic heterocycles. The van der Waals surface area contributed by atoms with Crippen molar-refractivity contribution in [2.24, 2.45) is 0 Å². The average Bonchev–Trinajstić information content (AvgIpc) is 2.36. The minimum Gasteiger partial charge on any atom is -0.457 e. The first-order valence-corrected chi connectivity index (χ1v) is 6.42. The Hall–Kier alpha value is -2.01. The van der Waals surface area contributed by atoms with Crippen molar-refractivity contribution >= 4 is 33.3 Å². The van der Waals surface area contributed by atoms with E-state index in [1.165, 1.54) is 6.07 Å². The summed E-state index contributed by atoms with van der Waals surface area (Å²) in [6.07, 6.45) is 0. The molecule has 0 aliphatic rings. The van der Waals surface area contributed by atoms with E-state index < -0.39 is 5.97 Å². The average molecular weight is 321 g/mol. The van der Waals surface area contributed by atoms with Crippen LogP contribution in [0, 0.1) is 0 Å². The standard InChI is InChI=1S/C14H13BrN2O2/c15-10-3-1-2-9(6-10)8-19-14(18)12-5-4-11(16)7-13(12)17/h1-7H,8,16-17H2. The van der Waals surface area contributed by atoms with Crippen molar-refractivity contribution in [3.8, 4) is 0 Å². The molecule has 0 fully saturated rings. The number of anilines is 2. The van der Waals surface area contributed by atoms with Gasteiger partial charge in [0.2, 0.25) is 0 Å². The summed E-state index contributed by atoms with van der Waals surface area (Å²) in [5.41, 5.74) is 13.4. The number of carbonyl (C=O) groups excluding carboxylic acids is 1. The van der Waals surface area contributed by atoms with Gasteiger partial charge in [-0.05, 0) is 35.9 Å². The summed E-state index contributed by atoms with van der Waals surface area (Å²) in [7, 11) is 0. The molecule has 2 rings (SSSR count). The lowest BCUT2D eigenvalue weighted by atomic mass is 10.1. The highest BCUT2D eigenvalue weighted by atomic mass is 79.9. The predicted octanol–water partition coefficient (Wildman–Crippen LogP) is 2.97. The lowest BCUT2D eigenvalue weighted by molar-refractivity contribution is 0.0474. The molecule has 0 aliphatic carbocycles. The predicted molar refractivity (Wildman–Crippen MR) is 78.5 cm³/mol. The van der Waals surface area contributed by atoms with Gasteiger partial charge in [0.05, 0.1) is 5.56 Å². The van der Waals surface area contributed by atoms with E-state index in [-0.39, 0.29) is 6.61 Å². The van der Waals surface area contributed by atoms with Gasteiger partial charge in [-0.25, -0.2) is 4.79 Å². The van der Waals surface area contributed by atoms with Gasteiger partial charge >= 0.3 is 5.97 Å². The monoisotopic (exact) mass is 320 g/mol. The van der Waals surface area contributed by atoms with Crippen LogP contribution >= 0.6 is 15.9 Å². The third kappa shape index (κ3) is 3.48. The number of benzene rings is 2. The number of nitrogens with two attached hydrogens (primary N) is 2. The Kier molecular flexibility index (Phi) is 4.06. The third-order valence-electron chi connectivity index (χ3n) is 2.55. The van der Waals surface area contributed by atoms with Crippen LogP contribution in [-0.2, 0) is 11.3 Å². The molecule has 98 valence electrons. The molecule has 0 heterocycles. The van der Waals surface area contributed by atoms with Crippen LogP contribution in [-0.4, -0.2) is 5.97 Å². The van der Waals surface area contributed by atoms with Gasteiger partial charge in [0, 0.05) is 15.8 Å². The summed E-state index contributed by atoms with van der Waals surface area (Å²) in [4.78, 5) is 11.9. The van der Waals surface area contributed by atoms with Gasteiger partial charge in [-0.2, -0.15) is 0 Å². The molecule has 0 amide bonds. The second kappa shape index (κ2) is 5.75. The van der Waals surface area contributed by atoms with E-state index in [2.05, 4.69) is 15.9 Å². The van der Waals surface area contributed by atoms with Crippen LogP contribution in [0.15, 0.2) is 46.9 Å². The van der Waals surface area contributed by atoms with Crippen molar-refractivity contribution in [3.05, 3.63) is 58.1 Å². The molecular formula is C14H13BrN2O2. The van der Waals surface area contributed by atoms with Crippen molar-refractivity contribution in [2.45, 2.75) is 6.61 Å². The maximum absolute atomic E-state index is 11.9. The molecule has 0 aromatic heterocycles. The molecule has 0 radical (unpaired) electrons. The Morgan fingerprint density at radius 3 is 2.63 bits per heavy atom. The molecule has 0 saturated heterocycles. The van der Waals surface area contributed by atoms with E-state index in [0.29, 0.717) is 16.9 Å². The van der Waals surface area contributed by atoms with Crippen molar-refractivity contribution in [2.75, 3.05) is 11.5 Å². The zero-order valence-electron chi connectivity index (χ0n) is 10.1. The Morgan fingerprint density at radius 2 is 1.95 bits per heavy atom. The molecule has 0 saturated carbocycles. The summed E-state index contributed by atoms with van der Waals surface area (Å²) >= 11 is 3.36. The van der Waals surface area contributed by atoms with Crippen LogP contribution in [0.25, 0.3) is 0 Å². The van der Waals surface area contributed by atoms with Gasteiger partial charge in [-0.1, -0.05) is 28.1 Å². The molecule has 5 heteroatoms. The lowest BCUT2D eigenvalue weighted by Gasteiger charge is -2.08. The molecule has 4 nitrogen and oxygen atoms in total. The van der Waals surface area contributed by atoms with Crippen LogP contribution in [0.1, 0.15) is 15.9 Å². The van der Waals surface area contributed by atoms with Crippen molar-refractivity contribution in [1.29, 1.82) is 0 Å². The summed E-state index contributed by atoms with van der Waals surface area (Å²) in [5.74, 6) is -0.461. The van der Waals surface area contributed by atoms with Crippen LogP contribution in [0.5, 0.6) is 0 Å². The fourth-order valence-electron chi connectivity index (χ4n) is 1.62. The van der Waals surface area contributed by atoms with Crippen LogP contribution in [0.4, 0.5) is 11.4 Å². The molecule has 0 spiro atoms. The van der Waals surface area contributed by atoms with E-state index >= 15 is 0 Å². The van der Waals surface area contributed by atoms with E-state index in [4.69, 9.17) is 16.2 Å². The van der Waals surface area contributed by atoms with Crippen molar-refractivity contribution in [3.63, 3.8) is 0 Å².